The van der Waals surface area contributed by atoms with Gasteiger partial charge >= 0.3 is 23.9 Å². The minimum Gasteiger partial charge on any atom is -0.468 e. The molecule has 14 nitrogen and oxygen atoms in total. The number of Topliss-reactive ketones (excluding diaryl/α,β-unsaturated/α-hetero) is 6. The van der Waals surface area contributed by atoms with Gasteiger partial charge in [0.15, 0.2) is 34.6 Å². The molecule has 0 bridgehead atoms. The highest BCUT2D eigenvalue weighted by atomic mass is 16.6. The van der Waals surface area contributed by atoms with E-state index in [1.165, 1.54) is 41.9 Å². The molecule has 2 heterocycles. The SMILES string of the molecule is C=C1C[C@H]2[C@]3(C)CCC(=O)C(C)(C)[C@H]3C(=O)C[C@]2(C)[C@]2(C(=O)OC)C(=O)[C@@H](C)OC(=O)[C@]12C.C=C1C[C@H]2[C@]3(C)CCC(=O)C(C)(C)[C@H]3C(=O)C[C@]2(C)[C@]2(C(=O)OC)C(=O)[C@@H](C)OC(=O)[C@]12C. The second-order valence-electron chi connectivity index (χ2n) is 23.6. The Labute approximate surface area is 387 Å². The summed E-state index contributed by atoms with van der Waals surface area (Å²) in [4.78, 5) is 136. The Kier molecular flexibility index (Phi) is 10.8. The normalized spacial score (nSPS) is 46.6. The number of methoxy groups -OCH3 is 2. The zero-order valence-corrected chi connectivity index (χ0v) is 41.3. The van der Waals surface area contributed by atoms with E-state index in [4.69, 9.17) is 18.9 Å². The molecular weight excluding hydrogens is 849 g/mol. The molecule has 360 valence electrons. The van der Waals surface area contributed by atoms with Crippen molar-refractivity contribution in [3.05, 3.63) is 24.3 Å². The van der Waals surface area contributed by atoms with Crippen LogP contribution in [-0.2, 0) is 66.9 Å². The Hall–Kier alpha value is -4.62. The first-order valence-corrected chi connectivity index (χ1v) is 23.3. The number of carbonyl (C=O) groups excluding carboxylic acids is 10. The lowest BCUT2D eigenvalue weighted by Gasteiger charge is -2.70. The summed E-state index contributed by atoms with van der Waals surface area (Å²) < 4.78 is 21.3. The summed E-state index contributed by atoms with van der Waals surface area (Å²) in [6, 6.07) is 0. The fraction of sp³-hybridized carbons (Fsp3) is 0.731. The fourth-order valence-electron chi connectivity index (χ4n) is 17.2. The number of ketones is 6. The van der Waals surface area contributed by atoms with Crippen LogP contribution < -0.4 is 0 Å². The fourth-order valence-corrected chi connectivity index (χ4v) is 17.2. The predicted molar refractivity (Wildman–Crippen MR) is 235 cm³/mol. The molecule has 0 amide bonds. The molecule has 0 aromatic carbocycles. The number of hydrogen-bond donors (Lipinski definition) is 0. The zero-order chi connectivity index (χ0) is 49.9. The molecule has 0 radical (unpaired) electrons. The van der Waals surface area contributed by atoms with Gasteiger partial charge in [0.2, 0.25) is 0 Å². The van der Waals surface area contributed by atoms with E-state index in [1.54, 1.807) is 13.8 Å². The summed E-state index contributed by atoms with van der Waals surface area (Å²) in [7, 11) is 2.39. The lowest BCUT2D eigenvalue weighted by molar-refractivity contribution is -0.237. The molecule has 0 aromatic rings. The van der Waals surface area contributed by atoms with Gasteiger partial charge in [-0.15, -0.1) is 0 Å². The van der Waals surface area contributed by atoms with Crippen LogP contribution in [0.3, 0.4) is 0 Å². The average Bonchev–Trinajstić information content (AvgIpc) is 3.21. The van der Waals surface area contributed by atoms with Gasteiger partial charge in [-0.3, -0.25) is 47.9 Å². The number of esters is 4. The quantitative estimate of drug-likeness (QED) is 0.126. The summed E-state index contributed by atoms with van der Waals surface area (Å²) in [6.07, 6.45) is -0.210. The van der Waals surface area contributed by atoms with Gasteiger partial charge in [-0.1, -0.05) is 79.7 Å². The van der Waals surface area contributed by atoms with E-state index in [2.05, 4.69) is 13.2 Å². The van der Waals surface area contributed by atoms with Crippen molar-refractivity contribution in [1.29, 1.82) is 0 Å². The van der Waals surface area contributed by atoms with Crippen molar-refractivity contribution >= 4 is 58.6 Å². The van der Waals surface area contributed by atoms with Crippen LogP contribution in [0.4, 0.5) is 0 Å². The molecule has 8 rings (SSSR count). The Morgan fingerprint density at radius 2 is 0.848 bits per heavy atom. The lowest BCUT2D eigenvalue weighted by Crippen LogP contribution is -2.77. The molecule has 14 atom stereocenters. The maximum absolute atomic E-state index is 14.0. The van der Waals surface area contributed by atoms with Gasteiger partial charge in [0, 0.05) is 59.2 Å². The van der Waals surface area contributed by atoms with E-state index in [1.807, 2.05) is 41.5 Å². The number of rotatable bonds is 2. The predicted octanol–water partition coefficient (Wildman–Crippen LogP) is 6.47. The van der Waals surface area contributed by atoms with Crippen LogP contribution in [0.2, 0.25) is 0 Å². The molecule has 0 spiro atoms. The molecule has 0 aromatic heterocycles. The highest BCUT2D eigenvalue weighted by Crippen LogP contribution is 2.77. The average molecular weight is 917 g/mol. The van der Waals surface area contributed by atoms with Crippen molar-refractivity contribution in [2.75, 3.05) is 14.2 Å². The van der Waals surface area contributed by atoms with Crippen LogP contribution in [0.5, 0.6) is 0 Å². The van der Waals surface area contributed by atoms with Gasteiger partial charge in [0.05, 0.1) is 14.2 Å². The van der Waals surface area contributed by atoms with Crippen molar-refractivity contribution in [3.63, 3.8) is 0 Å². The first kappa shape index (κ1) is 49.3. The third-order valence-electron chi connectivity index (χ3n) is 20.2. The number of hydrogen-bond acceptors (Lipinski definition) is 14. The van der Waals surface area contributed by atoms with E-state index in [-0.39, 0.29) is 47.8 Å². The highest BCUT2D eigenvalue weighted by Gasteiger charge is 2.85. The monoisotopic (exact) mass is 916 g/mol. The number of ether oxygens (including phenoxy) is 4. The van der Waals surface area contributed by atoms with Crippen LogP contribution in [0.15, 0.2) is 24.3 Å². The molecule has 0 N–H and O–H groups in total. The summed E-state index contributed by atoms with van der Waals surface area (Å²) in [5, 5.41) is 0. The third kappa shape index (κ3) is 5.19. The molecule has 8 fully saturated rings. The van der Waals surface area contributed by atoms with Gasteiger partial charge < -0.3 is 18.9 Å². The molecule has 6 aliphatic carbocycles. The second kappa shape index (κ2) is 14.5. The Morgan fingerprint density at radius 1 is 0.545 bits per heavy atom. The molecular formula is C52H68O14. The van der Waals surface area contributed by atoms with Crippen LogP contribution in [-0.4, -0.2) is 85.0 Å². The van der Waals surface area contributed by atoms with Gasteiger partial charge in [-0.05, 0) is 76.0 Å². The van der Waals surface area contributed by atoms with E-state index < -0.39 is 114 Å². The Bertz CT molecular complexity index is 2210. The first-order chi connectivity index (χ1) is 30.2. The van der Waals surface area contributed by atoms with Crippen molar-refractivity contribution in [2.24, 2.45) is 77.8 Å². The summed E-state index contributed by atoms with van der Waals surface area (Å²) in [5.74, 6) is -6.07. The van der Waals surface area contributed by atoms with E-state index in [0.29, 0.717) is 49.7 Å². The van der Waals surface area contributed by atoms with Crippen LogP contribution in [0.1, 0.15) is 134 Å². The van der Waals surface area contributed by atoms with Crippen LogP contribution in [0.25, 0.3) is 0 Å². The number of fused-ring (bicyclic) bond motifs is 10. The zero-order valence-electron chi connectivity index (χ0n) is 41.3. The van der Waals surface area contributed by atoms with E-state index in [9.17, 15) is 47.9 Å². The van der Waals surface area contributed by atoms with Crippen molar-refractivity contribution in [2.45, 2.75) is 147 Å². The Morgan fingerprint density at radius 3 is 1.14 bits per heavy atom. The van der Waals surface area contributed by atoms with Crippen molar-refractivity contribution in [1.82, 2.24) is 0 Å². The Balaban J connectivity index is 0.000000196. The van der Waals surface area contributed by atoms with Crippen LogP contribution in [0, 0.1) is 77.8 Å². The smallest absolute Gasteiger partial charge is 0.321 e. The maximum atomic E-state index is 14.0. The molecule has 66 heavy (non-hydrogen) atoms. The largest absolute Gasteiger partial charge is 0.468 e. The van der Waals surface area contributed by atoms with Crippen molar-refractivity contribution < 1.29 is 66.9 Å². The first-order valence-electron chi connectivity index (χ1n) is 23.3. The van der Waals surface area contributed by atoms with Crippen LogP contribution >= 0.6 is 0 Å². The third-order valence-corrected chi connectivity index (χ3v) is 20.2. The highest BCUT2D eigenvalue weighted by molar-refractivity contribution is 6.17. The molecule has 6 saturated carbocycles. The van der Waals surface area contributed by atoms with Gasteiger partial charge in [0.1, 0.15) is 34.0 Å². The minimum absolute atomic E-state index is 0.0510. The maximum Gasteiger partial charge on any atom is 0.321 e. The lowest BCUT2D eigenvalue weighted by atomic mass is 9.31. The number of carbonyl (C=O) groups is 10. The van der Waals surface area contributed by atoms with Crippen molar-refractivity contribution in [3.8, 4) is 0 Å². The summed E-state index contributed by atoms with van der Waals surface area (Å²) >= 11 is 0. The van der Waals surface area contributed by atoms with Gasteiger partial charge in [-0.2, -0.15) is 0 Å². The van der Waals surface area contributed by atoms with Gasteiger partial charge in [-0.25, -0.2) is 0 Å². The molecule has 2 aliphatic heterocycles. The summed E-state index contributed by atoms with van der Waals surface area (Å²) in [5.41, 5.74) is -11.8. The molecule has 0 unspecified atom stereocenters. The summed E-state index contributed by atoms with van der Waals surface area (Å²) in [6.45, 7) is 29.2. The van der Waals surface area contributed by atoms with E-state index in [0.717, 1.165) is 0 Å². The minimum atomic E-state index is -1.95. The molecule has 8 aliphatic rings. The molecule has 14 heteroatoms. The second-order valence-corrected chi connectivity index (χ2v) is 23.6. The number of cyclic esters (lactones) is 2. The van der Waals surface area contributed by atoms with Gasteiger partial charge in [0.25, 0.3) is 0 Å². The standard InChI is InChI=1S/2C26H34O7/c2*1-13-11-16-23(5)10-9-17(28)22(3,4)18(23)15(27)12-24(16,6)26(21(31)32-8)19(29)14(2)33-20(30)25(13,26)7/h2*14,16,18H,1,9-12H2,2-8H3/t2*14-,16+,18-,23+,24+,25+,26-/m11/s1. The topological polar surface area (TPSA) is 208 Å². The van der Waals surface area contributed by atoms with E-state index >= 15 is 0 Å². The molecule has 2 saturated heterocycles.